The van der Waals surface area contributed by atoms with Gasteiger partial charge in [-0.25, -0.2) is 0 Å². The van der Waals surface area contributed by atoms with Crippen molar-refractivity contribution in [1.29, 1.82) is 0 Å². The zero-order valence-electron chi connectivity index (χ0n) is 10.0. The van der Waals surface area contributed by atoms with Crippen molar-refractivity contribution >= 4 is 0 Å². The predicted molar refractivity (Wildman–Crippen MR) is 61.8 cm³/mol. The van der Waals surface area contributed by atoms with E-state index < -0.39 is 0 Å². The Kier molecular flexibility index (Phi) is 3.33. The lowest BCUT2D eigenvalue weighted by Gasteiger charge is -2.42. The number of rotatable bonds is 4. The lowest BCUT2D eigenvalue weighted by Crippen LogP contribution is -2.54. The van der Waals surface area contributed by atoms with Gasteiger partial charge in [0.2, 0.25) is 0 Å². The molecule has 1 atom stereocenters. The van der Waals surface area contributed by atoms with Crippen LogP contribution in [0.4, 0.5) is 0 Å². The van der Waals surface area contributed by atoms with Crippen LogP contribution >= 0.6 is 0 Å². The molecule has 1 saturated carbocycles. The van der Waals surface area contributed by atoms with Crippen molar-refractivity contribution in [3.8, 4) is 0 Å². The molecule has 0 amide bonds. The molecule has 0 aromatic heterocycles. The van der Waals surface area contributed by atoms with Gasteiger partial charge in [-0.3, -0.25) is 4.90 Å². The molecular weight excluding hydrogens is 188 g/mol. The number of nitrogens with zero attached hydrogens (tertiary/aromatic N) is 1. The molecule has 1 heterocycles. The highest BCUT2D eigenvalue weighted by molar-refractivity contribution is 4.85. The van der Waals surface area contributed by atoms with Crippen molar-refractivity contribution in [2.75, 3.05) is 26.2 Å². The van der Waals surface area contributed by atoms with E-state index in [2.05, 4.69) is 18.7 Å². The molecule has 88 valence electrons. The van der Waals surface area contributed by atoms with Crippen LogP contribution in [0.25, 0.3) is 0 Å². The van der Waals surface area contributed by atoms with E-state index in [0.717, 1.165) is 19.0 Å². The summed E-state index contributed by atoms with van der Waals surface area (Å²) in [6.45, 7) is 8.28. The first-order valence-electron chi connectivity index (χ1n) is 6.19. The van der Waals surface area contributed by atoms with Crippen LogP contribution in [0, 0.1) is 5.92 Å². The van der Waals surface area contributed by atoms with Crippen LogP contribution in [0.15, 0.2) is 0 Å². The number of nitrogens with two attached hydrogens (primary N) is 1. The van der Waals surface area contributed by atoms with Crippen molar-refractivity contribution in [3.05, 3.63) is 0 Å². The Morgan fingerprint density at radius 1 is 1.40 bits per heavy atom. The molecule has 3 nitrogen and oxygen atoms in total. The van der Waals surface area contributed by atoms with E-state index in [1.54, 1.807) is 0 Å². The normalized spacial score (nSPS) is 31.8. The predicted octanol–water partition coefficient (Wildman–Crippen LogP) is 1.22. The van der Waals surface area contributed by atoms with Crippen molar-refractivity contribution in [2.45, 2.75) is 44.8 Å². The molecule has 3 heteroatoms. The van der Waals surface area contributed by atoms with Gasteiger partial charge in [-0.1, -0.05) is 12.8 Å². The quantitative estimate of drug-likeness (QED) is 0.761. The number of ether oxygens (including phenoxy) is 1. The smallest absolute Gasteiger partial charge is 0.0831 e. The average molecular weight is 212 g/mol. The maximum absolute atomic E-state index is 5.91. The lowest BCUT2D eigenvalue weighted by molar-refractivity contribution is -0.132. The van der Waals surface area contributed by atoms with Crippen LogP contribution in [0.2, 0.25) is 0 Å². The molecule has 0 spiro atoms. The Balaban J connectivity index is 1.81. The van der Waals surface area contributed by atoms with Gasteiger partial charge >= 0.3 is 0 Å². The van der Waals surface area contributed by atoms with Crippen molar-refractivity contribution in [2.24, 2.45) is 11.7 Å². The number of hydrogen-bond acceptors (Lipinski definition) is 3. The summed E-state index contributed by atoms with van der Waals surface area (Å²) in [6.07, 6.45) is 4.50. The minimum absolute atomic E-state index is 0.0220. The zero-order chi connectivity index (χ0) is 10.9. The van der Waals surface area contributed by atoms with Crippen molar-refractivity contribution < 1.29 is 4.74 Å². The second kappa shape index (κ2) is 4.40. The fourth-order valence-electron chi connectivity index (χ4n) is 2.48. The molecule has 2 rings (SSSR count). The first-order chi connectivity index (χ1) is 7.09. The first-order valence-corrected chi connectivity index (χ1v) is 6.19. The minimum atomic E-state index is -0.0220. The van der Waals surface area contributed by atoms with Gasteiger partial charge in [0.1, 0.15) is 0 Å². The van der Waals surface area contributed by atoms with Gasteiger partial charge in [0.05, 0.1) is 11.7 Å². The van der Waals surface area contributed by atoms with Crippen LogP contribution < -0.4 is 5.73 Å². The Labute approximate surface area is 93.0 Å². The van der Waals surface area contributed by atoms with Gasteiger partial charge in [-0.2, -0.15) is 0 Å². The van der Waals surface area contributed by atoms with E-state index >= 15 is 0 Å². The molecule has 0 aromatic rings. The van der Waals surface area contributed by atoms with Gasteiger partial charge in [-0.05, 0) is 32.7 Å². The lowest BCUT2D eigenvalue weighted by atomic mass is 10.0. The van der Waals surface area contributed by atoms with E-state index in [4.69, 9.17) is 10.5 Å². The highest BCUT2D eigenvalue weighted by atomic mass is 16.5. The molecule has 1 aliphatic heterocycles. The van der Waals surface area contributed by atoms with Gasteiger partial charge in [-0.15, -0.1) is 0 Å². The van der Waals surface area contributed by atoms with Crippen LogP contribution in [-0.4, -0.2) is 42.8 Å². The van der Waals surface area contributed by atoms with E-state index in [1.165, 1.54) is 25.8 Å². The second-order valence-corrected chi connectivity index (χ2v) is 5.70. The van der Waals surface area contributed by atoms with Gasteiger partial charge in [0.25, 0.3) is 0 Å². The first kappa shape index (κ1) is 11.4. The molecule has 0 aromatic carbocycles. The molecule has 2 aliphatic rings. The van der Waals surface area contributed by atoms with Crippen LogP contribution in [0.5, 0.6) is 0 Å². The topological polar surface area (TPSA) is 38.5 Å². The highest BCUT2D eigenvalue weighted by Crippen LogP contribution is 2.33. The SMILES string of the molecule is CC1(C)CN(CCC2CC2)CC(CN)O1. The van der Waals surface area contributed by atoms with Crippen molar-refractivity contribution in [3.63, 3.8) is 0 Å². The van der Waals surface area contributed by atoms with E-state index in [1.807, 2.05) is 0 Å². The Hall–Kier alpha value is -0.120. The third kappa shape index (κ3) is 3.44. The average Bonchev–Trinajstić information content (AvgIpc) is 2.95. The molecule has 15 heavy (non-hydrogen) atoms. The van der Waals surface area contributed by atoms with E-state index in [-0.39, 0.29) is 11.7 Å². The summed E-state index contributed by atoms with van der Waals surface area (Å²) in [5.74, 6) is 1.02. The molecule has 0 bridgehead atoms. The minimum Gasteiger partial charge on any atom is -0.368 e. The summed E-state index contributed by atoms with van der Waals surface area (Å²) >= 11 is 0. The molecule has 2 N–H and O–H groups in total. The fraction of sp³-hybridized carbons (Fsp3) is 1.00. The van der Waals surface area contributed by atoms with E-state index in [0.29, 0.717) is 6.54 Å². The summed E-state index contributed by atoms with van der Waals surface area (Å²) in [4.78, 5) is 2.53. The molecular formula is C12H24N2O. The van der Waals surface area contributed by atoms with Gasteiger partial charge in [0, 0.05) is 19.6 Å². The van der Waals surface area contributed by atoms with Crippen LogP contribution in [0.1, 0.15) is 33.1 Å². The van der Waals surface area contributed by atoms with Crippen molar-refractivity contribution in [1.82, 2.24) is 4.90 Å². The third-order valence-electron chi connectivity index (χ3n) is 3.37. The van der Waals surface area contributed by atoms with Gasteiger partial charge < -0.3 is 10.5 Å². The van der Waals surface area contributed by atoms with Crippen LogP contribution in [0.3, 0.4) is 0 Å². The summed E-state index contributed by atoms with van der Waals surface area (Å²) in [7, 11) is 0. The molecule has 0 radical (unpaired) electrons. The highest BCUT2D eigenvalue weighted by Gasteiger charge is 2.33. The summed E-state index contributed by atoms with van der Waals surface area (Å²) < 4.78 is 5.91. The second-order valence-electron chi connectivity index (χ2n) is 5.70. The van der Waals surface area contributed by atoms with Gasteiger partial charge in [0.15, 0.2) is 0 Å². The fourth-order valence-corrected chi connectivity index (χ4v) is 2.48. The summed E-state index contributed by atoms with van der Waals surface area (Å²) in [5.41, 5.74) is 5.68. The zero-order valence-corrected chi connectivity index (χ0v) is 10.0. The van der Waals surface area contributed by atoms with E-state index in [9.17, 15) is 0 Å². The Bertz CT molecular complexity index is 214. The third-order valence-corrected chi connectivity index (χ3v) is 3.37. The summed E-state index contributed by atoms with van der Waals surface area (Å²) in [6, 6.07) is 0. The standard InChI is InChI=1S/C12H24N2O/c1-12(2)9-14(6-5-10-3-4-10)8-11(7-13)15-12/h10-11H,3-9,13H2,1-2H3. The number of hydrogen-bond donors (Lipinski definition) is 1. The monoisotopic (exact) mass is 212 g/mol. The Morgan fingerprint density at radius 3 is 2.73 bits per heavy atom. The molecule has 1 saturated heterocycles. The molecule has 2 fully saturated rings. The molecule has 1 aliphatic carbocycles. The molecule has 1 unspecified atom stereocenters. The largest absolute Gasteiger partial charge is 0.368 e. The maximum Gasteiger partial charge on any atom is 0.0831 e. The summed E-state index contributed by atoms with van der Waals surface area (Å²) in [5, 5.41) is 0. The maximum atomic E-state index is 5.91. The Morgan fingerprint density at radius 2 is 2.13 bits per heavy atom. The number of morpholine rings is 1. The van der Waals surface area contributed by atoms with Crippen LogP contribution in [-0.2, 0) is 4.74 Å².